The van der Waals surface area contributed by atoms with E-state index in [1.54, 1.807) is 11.6 Å². The molecule has 0 aliphatic rings. The molecule has 0 spiro atoms. The Hall–Kier alpha value is -1.95. The Balaban J connectivity index is 2.40. The Bertz CT molecular complexity index is 609. The Morgan fingerprint density at radius 1 is 1.50 bits per heavy atom. The summed E-state index contributed by atoms with van der Waals surface area (Å²) in [6.45, 7) is 3.87. The van der Waals surface area contributed by atoms with Crippen LogP contribution in [-0.2, 0) is 6.54 Å². The van der Waals surface area contributed by atoms with E-state index in [4.69, 9.17) is 16.7 Å². The number of aromatic nitrogens is 4. The van der Waals surface area contributed by atoms with Crippen LogP contribution in [0.25, 0.3) is 0 Å². The van der Waals surface area contributed by atoms with E-state index in [0.29, 0.717) is 16.4 Å². The van der Waals surface area contributed by atoms with E-state index in [1.807, 2.05) is 6.92 Å². The number of aromatic carboxylic acids is 1. The van der Waals surface area contributed by atoms with Crippen LogP contribution in [0.5, 0.6) is 0 Å². The van der Waals surface area contributed by atoms with Crippen LogP contribution in [0.4, 0.5) is 0 Å². The molecule has 0 radical (unpaired) electrons. The summed E-state index contributed by atoms with van der Waals surface area (Å²) >= 11 is 6.03. The van der Waals surface area contributed by atoms with Gasteiger partial charge in [-0.25, -0.2) is 14.8 Å². The lowest BCUT2D eigenvalue weighted by Crippen LogP contribution is -2.11. The monoisotopic (exact) mass is 266 g/mol. The molecule has 0 saturated carbocycles. The molecule has 94 valence electrons. The maximum absolute atomic E-state index is 11.0. The largest absolute Gasteiger partial charge is 0.478 e. The molecule has 2 aromatic heterocycles. The third kappa shape index (κ3) is 2.19. The molecule has 7 heteroatoms. The predicted octanol–water partition coefficient (Wildman–Crippen LogP) is 1.69. The normalized spacial score (nSPS) is 10.6. The third-order valence-electron chi connectivity index (χ3n) is 2.62. The molecule has 0 bridgehead atoms. The SMILES string of the molecule is Cc1nn(Cc2ncncc2C(=O)O)c(C)c1Cl. The predicted molar refractivity (Wildman–Crippen MR) is 64.8 cm³/mol. The highest BCUT2D eigenvalue weighted by Crippen LogP contribution is 2.20. The van der Waals surface area contributed by atoms with Crippen LogP contribution >= 0.6 is 11.6 Å². The van der Waals surface area contributed by atoms with Crippen molar-refractivity contribution < 1.29 is 9.90 Å². The van der Waals surface area contributed by atoms with Crippen molar-refractivity contribution >= 4 is 17.6 Å². The van der Waals surface area contributed by atoms with Gasteiger partial charge in [-0.2, -0.15) is 5.10 Å². The number of carbonyl (C=O) groups is 1. The standard InChI is InChI=1S/C11H11ClN4O2/c1-6-10(12)7(2)16(15-6)4-9-8(11(17)18)3-13-5-14-9/h3,5H,4H2,1-2H3,(H,17,18). The van der Waals surface area contributed by atoms with Crippen LogP contribution in [0, 0.1) is 13.8 Å². The van der Waals surface area contributed by atoms with Gasteiger partial charge >= 0.3 is 5.97 Å². The summed E-state index contributed by atoms with van der Waals surface area (Å²) in [5, 5.41) is 13.9. The summed E-state index contributed by atoms with van der Waals surface area (Å²) in [4.78, 5) is 18.7. The molecule has 1 N–H and O–H groups in total. The molecule has 0 fully saturated rings. The highest BCUT2D eigenvalue weighted by atomic mass is 35.5. The van der Waals surface area contributed by atoms with Crippen molar-refractivity contribution in [2.75, 3.05) is 0 Å². The van der Waals surface area contributed by atoms with Crippen LogP contribution in [0.1, 0.15) is 27.4 Å². The number of rotatable bonds is 3. The fourth-order valence-electron chi connectivity index (χ4n) is 1.63. The summed E-state index contributed by atoms with van der Waals surface area (Å²) in [6, 6.07) is 0. The number of hydrogen-bond donors (Lipinski definition) is 1. The zero-order chi connectivity index (χ0) is 13.3. The summed E-state index contributed by atoms with van der Waals surface area (Å²) in [5.41, 5.74) is 1.96. The second kappa shape index (κ2) is 4.73. The molecule has 0 aromatic carbocycles. The van der Waals surface area contributed by atoms with Crippen molar-refractivity contribution in [3.05, 3.63) is 40.2 Å². The molecule has 6 nitrogen and oxygen atoms in total. The Kier molecular flexibility index (Phi) is 3.29. The Morgan fingerprint density at radius 2 is 2.22 bits per heavy atom. The average molecular weight is 267 g/mol. The van der Waals surface area contributed by atoms with Crippen LogP contribution in [-0.4, -0.2) is 30.8 Å². The molecular weight excluding hydrogens is 256 g/mol. The topological polar surface area (TPSA) is 80.9 Å². The summed E-state index contributed by atoms with van der Waals surface area (Å²) in [6.07, 6.45) is 2.59. The summed E-state index contributed by atoms with van der Waals surface area (Å²) in [7, 11) is 0. The van der Waals surface area contributed by atoms with E-state index >= 15 is 0 Å². The van der Waals surface area contributed by atoms with Crippen LogP contribution in [0.2, 0.25) is 5.02 Å². The first-order chi connectivity index (χ1) is 8.50. The van der Waals surface area contributed by atoms with Crippen molar-refractivity contribution in [3.63, 3.8) is 0 Å². The molecule has 18 heavy (non-hydrogen) atoms. The van der Waals surface area contributed by atoms with Crippen LogP contribution in [0.15, 0.2) is 12.5 Å². The smallest absolute Gasteiger partial charge is 0.339 e. The van der Waals surface area contributed by atoms with Gasteiger partial charge in [0.1, 0.15) is 11.9 Å². The second-order valence-corrected chi connectivity index (χ2v) is 4.21. The molecule has 0 aliphatic heterocycles. The first kappa shape index (κ1) is 12.5. The lowest BCUT2D eigenvalue weighted by atomic mass is 10.2. The maximum atomic E-state index is 11.0. The summed E-state index contributed by atoms with van der Waals surface area (Å²) in [5.74, 6) is -1.06. The Labute approximate surface area is 108 Å². The van der Waals surface area contributed by atoms with Gasteiger partial charge in [-0.1, -0.05) is 11.6 Å². The number of hydrogen-bond acceptors (Lipinski definition) is 4. The van der Waals surface area contributed by atoms with Gasteiger partial charge in [-0.05, 0) is 13.8 Å². The lowest BCUT2D eigenvalue weighted by molar-refractivity contribution is 0.0694. The van der Waals surface area contributed by atoms with Crippen molar-refractivity contribution in [1.82, 2.24) is 19.7 Å². The quantitative estimate of drug-likeness (QED) is 0.914. The summed E-state index contributed by atoms with van der Waals surface area (Å²) < 4.78 is 1.63. The van der Waals surface area contributed by atoms with E-state index in [0.717, 1.165) is 5.69 Å². The van der Waals surface area contributed by atoms with Gasteiger partial charge in [0.15, 0.2) is 0 Å². The van der Waals surface area contributed by atoms with Crippen molar-refractivity contribution in [2.45, 2.75) is 20.4 Å². The van der Waals surface area contributed by atoms with Gasteiger partial charge in [0.25, 0.3) is 0 Å². The first-order valence-corrected chi connectivity index (χ1v) is 5.60. The van der Waals surface area contributed by atoms with Crippen LogP contribution < -0.4 is 0 Å². The van der Waals surface area contributed by atoms with Crippen LogP contribution in [0.3, 0.4) is 0 Å². The van der Waals surface area contributed by atoms with E-state index in [9.17, 15) is 4.79 Å². The number of carboxylic acid groups (broad SMARTS) is 1. The van der Waals surface area contributed by atoms with E-state index < -0.39 is 5.97 Å². The molecule has 0 atom stereocenters. The van der Waals surface area contributed by atoms with Gasteiger partial charge in [-0.3, -0.25) is 4.68 Å². The highest BCUT2D eigenvalue weighted by Gasteiger charge is 2.15. The third-order valence-corrected chi connectivity index (χ3v) is 3.16. The minimum Gasteiger partial charge on any atom is -0.478 e. The fraction of sp³-hybridized carbons (Fsp3) is 0.273. The number of nitrogens with zero attached hydrogens (tertiary/aromatic N) is 4. The lowest BCUT2D eigenvalue weighted by Gasteiger charge is -2.06. The van der Waals surface area contributed by atoms with Crippen molar-refractivity contribution in [2.24, 2.45) is 0 Å². The molecular formula is C11H11ClN4O2. The molecule has 0 unspecified atom stereocenters. The molecule has 0 saturated heterocycles. The zero-order valence-electron chi connectivity index (χ0n) is 9.88. The van der Waals surface area contributed by atoms with E-state index in [2.05, 4.69) is 15.1 Å². The zero-order valence-corrected chi connectivity index (χ0v) is 10.6. The highest BCUT2D eigenvalue weighted by molar-refractivity contribution is 6.31. The van der Waals surface area contributed by atoms with Gasteiger partial charge in [0, 0.05) is 6.20 Å². The minimum atomic E-state index is -1.06. The Morgan fingerprint density at radius 3 is 2.78 bits per heavy atom. The molecule has 2 aromatic rings. The van der Waals surface area contributed by atoms with Gasteiger partial charge < -0.3 is 5.11 Å². The van der Waals surface area contributed by atoms with Gasteiger partial charge in [-0.15, -0.1) is 0 Å². The maximum Gasteiger partial charge on any atom is 0.339 e. The molecule has 2 heterocycles. The minimum absolute atomic E-state index is 0.0705. The second-order valence-electron chi connectivity index (χ2n) is 3.83. The van der Waals surface area contributed by atoms with Crippen molar-refractivity contribution in [1.29, 1.82) is 0 Å². The number of carboxylic acids is 1. The first-order valence-electron chi connectivity index (χ1n) is 5.22. The number of halogens is 1. The molecule has 2 rings (SSSR count). The number of aryl methyl sites for hydroxylation is 1. The van der Waals surface area contributed by atoms with E-state index in [-0.39, 0.29) is 12.1 Å². The molecule has 0 aliphatic carbocycles. The van der Waals surface area contributed by atoms with Gasteiger partial charge in [0.2, 0.25) is 0 Å². The van der Waals surface area contributed by atoms with Gasteiger partial charge in [0.05, 0.1) is 28.6 Å². The average Bonchev–Trinajstić information content (AvgIpc) is 2.57. The van der Waals surface area contributed by atoms with Crippen molar-refractivity contribution in [3.8, 4) is 0 Å². The molecule has 0 amide bonds. The van der Waals surface area contributed by atoms with E-state index in [1.165, 1.54) is 12.5 Å². The fourth-order valence-corrected chi connectivity index (χ4v) is 1.77.